The molecule has 0 spiro atoms. The summed E-state index contributed by atoms with van der Waals surface area (Å²) in [4.78, 5) is 0. The average molecular weight is 346 g/mol. The van der Waals surface area contributed by atoms with Crippen LogP contribution in [-0.2, 0) is 0 Å². The van der Waals surface area contributed by atoms with Gasteiger partial charge in [0, 0.05) is 16.1 Å². The number of unbranched alkanes of at least 4 members (excludes halogenated alkanes) is 3. The van der Waals surface area contributed by atoms with E-state index in [0.29, 0.717) is 16.8 Å². The maximum atomic E-state index is 13.1. The molecule has 0 saturated heterocycles. The third kappa shape index (κ3) is 8.54. The summed E-state index contributed by atoms with van der Waals surface area (Å²) in [5, 5.41) is 3.47. The highest BCUT2D eigenvalue weighted by atomic mass is 79.9. The van der Waals surface area contributed by atoms with Crippen LogP contribution in [0.4, 0.5) is 4.39 Å². The number of rotatable bonds is 8. The Morgan fingerprint density at radius 3 is 2.45 bits per heavy atom. The van der Waals surface area contributed by atoms with Crippen LogP contribution in [0.1, 0.15) is 46.5 Å². The predicted molar refractivity (Wildman–Crippen MR) is 85.8 cm³/mol. The standard InChI is InChI=1S/C16H25BrFNO/c1-16(2,3)19-8-6-4-5-7-9-20-15-11-13(17)10-14(18)12-15/h10-12,19H,4-9H2,1-3H3. The van der Waals surface area contributed by atoms with Crippen molar-refractivity contribution < 1.29 is 9.13 Å². The van der Waals surface area contributed by atoms with Gasteiger partial charge in [0.15, 0.2) is 0 Å². The summed E-state index contributed by atoms with van der Waals surface area (Å²) in [6, 6.07) is 4.63. The van der Waals surface area contributed by atoms with Crippen LogP contribution in [0.25, 0.3) is 0 Å². The van der Waals surface area contributed by atoms with E-state index in [1.165, 1.54) is 25.0 Å². The average Bonchev–Trinajstić information content (AvgIpc) is 2.30. The third-order valence-corrected chi connectivity index (χ3v) is 3.29. The van der Waals surface area contributed by atoms with E-state index in [1.54, 1.807) is 6.07 Å². The van der Waals surface area contributed by atoms with Gasteiger partial charge >= 0.3 is 0 Å². The molecule has 2 nitrogen and oxygen atoms in total. The number of hydrogen-bond acceptors (Lipinski definition) is 2. The lowest BCUT2D eigenvalue weighted by Gasteiger charge is -2.20. The van der Waals surface area contributed by atoms with Gasteiger partial charge in [-0.05, 0) is 52.3 Å². The molecule has 0 aliphatic heterocycles. The molecule has 1 aromatic carbocycles. The number of nitrogens with one attached hydrogen (secondary N) is 1. The summed E-state index contributed by atoms with van der Waals surface area (Å²) in [6.45, 7) is 8.23. The SMILES string of the molecule is CC(C)(C)NCCCCCCOc1cc(F)cc(Br)c1. The predicted octanol–water partition coefficient (Wildman–Crippen LogP) is 4.92. The Bertz CT molecular complexity index is 384. The van der Waals surface area contributed by atoms with E-state index in [2.05, 4.69) is 42.0 Å². The van der Waals surface area contributed by atoms with Crippen molar-refractivity contribution in [1.82, 2.24) is 5.32 Å². The second-order valence-corrected chi connectivity index (χ2v) is 6.96. The van der Waals surface area contributed by atoms with E-state index in [-0.39, 0.29) is 11.4 Å². The molecule has 0 fully saturated rings. The van der Waals surface area contributed by atoms with E-state index in [9.17, 15) is 4.39 Å². The molecule has 1 N–H and O–H groups in total. The fourth-order valence-corrected chi connectivity index (χ4v) is 2.29. The van der Waals surface area contributed by atoms with Gasteiger partial charge in [-0.3, -0.25) is 0 Å². The zero-order chi connectivity index (χ0) is 15.0. The Kier molecular flexibility index (Phi) is 7.52. The highest BCUT2D eigenvalue weighted by Gasteiger charge is 2.06. The number of ether oxygens (including phenoxy) is 1. The van der Waals surface area contributed by atoms with Crippen LogP contribution in [0, 0.1) is 5.82 Å². The highest BCUT2D eigenvalue weighted by molar-refractivity contribution is 9.10. The van der Waals surface area contributed by atoms with Crippen LogP contribution < -0.4 is 10.1 Å². The number of halogens is 2. The monoisotopic (exact) mass is 345 g/mol. The zero-order valence-electron chi connectivity index (χ0n) is 12.6. The van der Waals surface area contributed by atoms with E-state index in [0.717, 1.165) is 19.4 Å². The van der Waals surface area contributed by atoms with Crippen LogP contribution in [0.15, 0.2) is 22.7 Å². The molecule has 0 heterocycles. The molecule has 4 heteroatoms. The fraction of sp³-hybridized carbons (Fsp3) is 0.625. The highest BCUT2D eigenvalue weighted by Crippen LogP contribution is 2.20. The smallest absolute Gasteiger partial charge is 0.128 e. The Balaban J connectivity index is 2.05. The Morgan fingerprint density at radius 1 is 1.10 bits per heavy atom. The lowest BCUT2D eigenvalue weighted by atomic mass is 10.1. The molecule has 1 rings (SSSR count). The number of hydrogen-bond donors (Lipinski definition) is 1. The van der Waals surface area contributed by atoms with Gasteiger partial charge in [0.05, 0.1) is 6.61 Å². The summed E-state index contributed by atoms with van der Waals surface area (Å²) < 4.78 is 19.4. The molecule has 0 amide bonds. The maximum Gasteiger partial charge on any atom is 0.128 e. The zero-order valence-corrected chi connectivity index (χ0v) is 14.2. The Hall–Kier alpha value is -0.610. The summed E-state index contributed by atoms with van der Waals surface area (Å²) in [6.07, 6.45) is 4.52. The molecule has 114 valence electrons. The van der Waals surface area contributed by atoms with Crippen molar-refractivity contribution in [2.75, 3.05) is 13.2 Å². The second-order valence-electron chi connectivity index (χ2n) is 6.04. The molecule has 0 aliphatic carbocycles. The third-order valence-electron chi connectivity index (χ3n) is 2.83. The topological polar surface area (TPSA) is 21.3 Å². The molecule has 0 radical (unpaired) electrons. The van der Waals surface area contributed by atoms with Crippen molar-refractivity contribution in [1.29, 1.82) is 0 Å². The first-order chi connectivity index (χ1) is 9.37. The molecular formula is C16H25BrFNO. The molecule has 0 aliphatic rings. The van der Waals surface area contributed by atoms with E-state index < -0.39 is 0 Å². The van der Waals surface area contributed by atoms with E-state index in [4.69, 9.17) is 4.74 Å². The van der Waals surface area contributed by atoms with Crippen molar-refractivity contribution >= 4 is 15.9 Å². The summed E-state index contributed by atoms with van der Waals surface area (Å²) in [5.74, 6) is 0.314. The van der Waals surface area contributed by atoms with Crippen molar-refractivity contribution in [3.8, 4) is 5.75 Å². The van der Waals surface area contributed by atoms with Crippen molar-refractivity contribution in [2.45, 2.75) is 52.0 Å². The number of benzene rings is 1. The minimum Gasteiger partial charge on any atom is -0.493 e. The van der Waals surface area contributed by atoms with Gasteiger partial charge in [-0.15, -0.1) is 0 Å². The first-order valence-corrected chi connectivity index (χ1v) is 8.00. The van der Waals surface area contributed by atoms with Crippen LogP contribution in [0.3, 0.4) is 0 Å². The van der Waals surface area contributed by atoms with Gasteiger partial charge in [-0.25, -0.2) is 4.39 Å². The van der Waals surface area contributed by atoms with Crippen molar-refractivity contribution in [3.05, 3.63) is 28.5 Å². The van der Waals surface area contributed by atoms with Crippen molar-refractivity contribution in [2.24, 2.45) is 0 Å². The van der Waals surface area contributed by atoms with Crippen LogP contribution >= 0.6 is 15.9 Å². The van der Waals surface area contributed by atoms with Gasteiger partial charge in [-0.2, -0.15) is 0 Å². The van der Waals surface area contributed by atoms with Crippen LogP contribution in [0.5, 0.6) is 5.75 Å². The maximum absolute atomic E-state index is 13.1. The molecule has 1 aromatic rings. The van der Waals surface area contributed by atoms with Gasteiger partial charge in [0.25, 0.3) is 0 Å². The summed E-state index contributed by atoms with van der Waals surface area (Å²) in [7, 11) is 0. The van der Waals surface area contributed by atoms with Gasteiger partial charge < -0.3 is 10.1 Å². The normalized spacial score (nSPS) is 11.7. The van der Waals surface area contributed by atoms with Gasteiger partial charge in [0.1, 0.15) is 11.6 Å². The Labute approximate surface area is 130 Å². The Morgan fingerprint density at radius 2 is 1.80 bits per heavy atom. The summed E-state index contributed by atoms with van der Waals surface area (Å²) >= 11 is 3.25. The second kappa shape index (κ2) is 8.63. The molecule has 0 bridgehead atoms. The lowest BCUT2D eigenvalue weighted by molar-refractivity contribution is 0.302. The minimum absolute atomic E-state index is 0.202. The molecule has 0 saturated carbocycles. The van der Waals surface area contributed by atoms with E-state index >= 15 is 0 Å². The molecule has 0 aromatic heterocycles. The van der Waals surface area contributed by atoms with Crippen molar-refractivity contribution in [3.63, 3.8) is 0 Å². The van der Waals surface area contributed by atoms with E-state index in [1.807, 2.05) is 0 Å². The first kappa shape index (κ1) is 17.4. The van der Waals surface area contributed by atoms with Crippen LogP contribution in [0.2, 0.25) is 0 Å². The molecule has 0 unspecified atom stereocenters. The lowest BCUT2D eigenvalue weighted by Crippen LogP contribution is -2.36. The quantitative estimate of drug-likeness (QED) is 0.675. The minimum atomic E-state index is -0.275. The van der Waals surface area contributed by atoms with Gasteiger partial charge in [0.2, 0.25) is 0 Å². The first-order valence-electron chi connectivity index (χ1n) is 7.21. The molecule has 0 atom stereocenters. The van der Waals surface area contributed by atoms with Gasteiger partial charge in [-0.1, -0.05) is 28.8 Å². The molecular weight excluding hydrogens is 321 g/mol. The molecule has 20 heavy (non-hydrogen) atoms. The fourth-order valence-electron chi connectivity index (χ4n) is 1.85. The van der Waals surface area contributed by atoms with Crippen LogP contribution in [-0.4, -0.2) is 18.7 Å². The summed E-state index contributed by atoms with van der Waals surface area (Å²) in [5.41, 5.74) is 0.202. The largest absolute Gasteiger partial charge is 0.493 e.